The van der Waals surface area contributed by atoms with Crippen molar-refractivity contribution in [1.82, 2.24) is 4.90 Å². The number of carboxylic acids is 1. The third-order valence-corrected chi connectivity index (χ3v) is 3.29. The van der Waals surface area contributed by atoms with Crippen LogP contribution in [-0.4, -0.2) is 35.0 Å². The lowest BCUT2D eigenvalue weighted by Gasteiger charge is -2.23. The van der Waals surface area contributed by atoms with Gasteiger partial charge in [0.1, 0.15) is 6.54 Å². The molecule has 0 aliphatic heterocycles. The molecule has 5 heteroatoms. The highest BCUT2D eigenvalue weighted by Crippen LogP contribution is 2.37. The third kappa shape index (κ3) is 3.01. The van der Waals surface area contributed by atoms with Gasteiger partial charge in [-0.1, -0.05) is 12.8 Å². The van der Waals surface area contributed by atoms with E-state index in [1.165, 1.54) is 4.90 Å². The van der Waals surface area contributed by atoms with Crippen LogP contribution in [0.3, 0.4) is 0 Å². The molecule has 0 aromatic rings. The number of hydrogen-bond donors (Lipinski definition) is 1. The largest absolute Gasteiger partial charge is 0.481 e. The predicted octanol–water partition coefficient (Wildman–Crippen LogP) is 0.719. The van der Waals surface area contributed by atoms with Gasteiger partial charge < -0.3 is 10.0 Å². The minimum atomic E-state index is -0.949. The van der Waals surface area contributed by atoms with E-state index in [9.17, 15) is 9.59 Å². The van der Waals surface area contributed by atoms with Gasteiger partial charge in [-0.3, -0.25) is 9.59 Å². The summed E-state index contributed by atoms with van der Waals surface area (Å²) in [5.41, 5.74) is 0. The zero-order valence-corrected chi connectivity index (χ0v) is 10.3. The third-order valence-electron chi connectivity index (χ3n) is 3.29. The van der Waals surface area contributed by atoms with Gasteiger partial charge in [-0.05, 0) is 18.8 Å². The highest BCUT2D eigenvalue weighted by molar-refractivity contribution is 5.85. The second kappa shape index (κ2) is 6.07. The number of terminal acetylenes is 1. The molecule has 1 saturated carbocycles. The van der Waals surface area contributed by atoms with Gasteiger partial charge in [0.15, 0.2) is 0 Å². The van der Waals surface area contributed by atoms with Crippen LogP contribution in [0.15, 0.2) is 0 Å². The van der Waals surface area contributed by atoms with Crippen molar-refractivity contribution in [1.29, 1.82) is 5.26 Å². The highest BCUT2D eigenvalue weighted by Gasteiger charge is 2.42. The molecule has 0 radical (unpaired) electrons. The fraction of sp³-hybridized carbons (Fsp3) is 0.615. The topological polar surface area (TPSA) is 81.4 Å². The average molecular weight is 248 g/mol. The summed E-state index contributed by atoms with van der Waals surface area (Å²) in [4.78, 5) is 24.6. The second-order valence-corrected chi connectivity index (χ2v) is 4.68. The molecule has 3 atom stereocenters. The minimum absolute atomic E-state index is 0.0453. The summed E-state index contributed by atoms with van der Waals surface area (Å²) in [6, 6.07) is 1.87. The molecule has 0 saturated heterocycles. The smallest absolute Gasteiger partial charge is 0.307 e. The molecular weight excluding hydrogens is 232 g/mol. The molecule has 5 nitrogen and oxygen atoms in total. The quantitative estimate of drug-likeness (QED) is 0.587. The van der Waals surface area contributed by atoms with Crippen molar-refractivity contribution in [3.8, 4) is 18.4 Å². The molecule has 1 aliphatic carbocycles. The van der Waals surface area contributed by atoms with Crippen molar-refractivity contribution in [3.05, 3.63) is 0 Å². The Balaban J connectivity index is 2.84. The van der Waals surface area contributed by atoms with E-state index in [0.717, 1.165) is 0 Å². The van der Waals surface area contributed by atoms with E-state index >= 15 is 0 Å². The normalized spacial score (nSPS) is 26.1. The maximum Gasteiger partial charge on any atom is 0.307 e. The molecule has 3 unspecified atom stereocenters. The van der Waals surface area contributed by atoms with Crippen molar-refractivity contribution in [2.75, 3.05) is 13.1 Å². The van der Waals surface area contributed by atoms with Crippen molar-refractivity contribution in [2.45, 2.75) is 19.8 Å². The molecule has 1 fully saturated rings. The Morgan fingerprint density at radius 1 is 1.39 bits per heavy atom. The van der Waals surface area contributed by atoms with Crippen LogP contribution in [0.5, 0.6) is 0 Å². The number of nitrogens with zero attached hydrogens (tertiary/aromatic N) is 2. The fourth-order valence-corrected chi connectivity index (χ4v) is 2.48. The molecule has 1 amide bonds. The summed E-state index contributed by atoms with van der Waals surface area (Å²) in [5, 5.41) is 17.8. The monoisotopic (exact) mass is 248 g/mol. The Labute approximate surface area is 106 Å². The lowest BCUT2D eigenvalue weighted by atomic mass is 9.94. The zero-order valence-electron chi connectivity index (χ0n) is 10.3. The minimum Gasteiger partial charge on any atom is -0.481 e. The van der Waals surface area contributed by atoms with E-state index in [-0.39, 0.29) is 24.9 Å². The molecule has 0 heterocycles. The Kier molecular flexibility index (Phi) is 4.74. The average Bonchev–Trinajstić information content (AvgIpc) is 2.70. The Bertz CT molecular complexity index is 403. The van der Waals surface area contributed by atoms with E-state index in [4.69, 9.17) is 16.8 Å². The Hall–Kier alpha value is -2.01. The lowest BCUT2D eigenvalue weighted by molar-refractivity contribution is -0.148. The summed E-state index contributed by atoms with van der Waals surface area (Å²) < 4.78 is 0. The maximum absolute atomic E-state index is 12.2. The van der Waals surface area contributed by atoms with Crippen LogP contribution in [0.2, 0.25) is 0 Å². The van der Waals surface area contributed by atoms with E-state index in [1.54, 1.807) is 0 Å². The molecule has 0 aromatic carbocycles. The molecular formula is C13H16N2O3. The van der Waals surface area contributed by atoms with Gasteiger partial charge in [0, 0.05) is 0 Å². The van der Waals surface area contributed by atoms with Crippen LogP contribution in [0.25, 0.3) is 0 Å². The number of carboxylic acid groups (broad SMARTS) is 1. The number of carbonyl (C=O) groups is 2. The van der Waals surface area contributed by atoms with Gasteiger partial charge in [-0.2, -0.15) is 5.26 Å². The molecule has 0 bridgehead atoms. The zero-order chi connectivity index (χ0) is 13.7. The highest BCUT2D eigenvalue weighted by atomic mass is 16.4. The molecule has 0 spiro atoms. The standard InChI is InChI=1S/C13H16N2O3/c1-3-5-15(6-4-14)12(16)10-7-9(2)8-11(10)13(17)18/h1,9-11H,5-8H2,2H3,(H,17,18). The van der Waals surface area contributed by atoms with Crippen molar-refractivity contribution < 1.29 is 14.7 Å². The van der Waals surface area contributed by atoms with Gasteiger partial charge >= 0.3 is 5.97 Å². The Morgan fingerprint density at radius 2 is 2.00 bits per heavy atom. The molecule has 1 aliphatic rings. The number of aliphatic carboxylic acids is 1. The summed E-state index contributed by atoms with van der Waals surface area (Å²) in [5.74, 6) is 0.0429. The summed E-state index contributed by atoms with van der Waals surface area (Å²) >= 11 is 0. The van der Waals surface area contributed by atoms with Crippen molar-refractivity contribution >= 4 is 11.9 Å². The van der Waals surface area contributed by atoms with Crippen LogP contribution in [-0.2, 0) is 9.59 Å². The van der Waals surface area contributed by atoms with Crippen LogP contribution >= 0.6 is 0 Å². The first-order valence-corrected chi connectivity index (χ1v) is 5.83. The first kappa shape index (κ1) is 14.1. The van der Waals surface area contributed by atoms with Gasteiger partial charge in [0.05, 0.1) is 24.4 Å². The van der Waals surface area contributed by atoms with E-state index in [1.807, 2.05) is 13.0 Å². The fourth-order valence-electron chi connectivity index (χ4n) is 2.48. The van der Waals surface area contributed by atoms with Crippen LogP contribution in [0.1, 0.15) is 19.8 Å². The molecule has 1 rings (SSSR count). The SMILES string of the molecule is C#CCN(CC#N)C(=O)C1CC(C)CC1C(=O)O. The van der Waals surface area contributed by atoms with Crippen molar-refractivity contribution in [3.63, 3.8) is 0 Å². The molecule has 18 heavy (non-hydrogen) atoms. The second-order valence-electron chi connectivity index (χ2n) is 4.68. The number of amides is 1. The molecule has 0 aromatic heterocycles. The van der Waals surface area contributed by atoms with Crippen LogP contribution < -0.4 is 0 Å². The summed E-state index contributed by atoms with van der Waals surface area (Å²) in [6.45, 7) is 1.88. The van der Waals surface area contributed by atoms with Gasteiger partial charge in [-0.15, -0.1) is 6.42 Å². The van der Waals surface area contributed by atoms with Crippen LogP contribution in [0.4, 0.5) is 0 Å². The summed E-state index contributed by atoms with van der Waals surface area (Å²) in [7, 11) is 0. The van der Waals surface area contributed by atoms with E-state index in [0.29, 0.717) is 12.8 Å². The first-order valence-electron chi connectivity index (χ1n) is 5.83. The van der Waals surface area contributed by atoms with E-state index < -0.39 is 17.8 Å². The number of rotatable bonds is 4. The van der Waals surface area contributed by atoms with Gasteiger partial charge in [0.2, 0.25) is 5.91 Å². The Morgan fingerprint density at radius 3 is 2.50 bits per heavy atom. The lowest BCUT2D eigenvalue weighted by Crippen LogP contribution is -2.39. The maximum atomic E-state index is 12.2. The predicted molar refractivity (Wildman–Crippen MR) is 64.0 cm³/mol. The van der Waals surface area contributed by atoms with Gasteiger partial charge in [-0.25, -0.2) is 0 Å². The molecule has 96 valence electrons. The summed E-state index contributed by atoms with van der Waals surface area (Å²) in [6.07, 6.45) is 6.19. The van der Waals surface area contributed by atoms with Gasteiger partial charge in [0.25, 0.3) is 0 Å². The first-order chi connectivity index (χ1) is 8.51. The van der Waals surface area contributed by atoms with Crippen molar-refractivity contribution in [2.24, 2.45) is 17.8 Å². The number of nitriles is 1. The number of hydrogen-bond acceptors (Lipinski definition) is 3. The molecule has 1 N–H and O–H groups in total. The van der Waals surface area contributed by atoms with Crippen LogP contribution in [0, 0.1) is 41.4 Å². The van der Waals surface area contributed by atoms with E-state index in [2.05, 4.69) is 5.92 Å². The number of carbonyl (C=O) groups excluding carboxylic acids is 1.